The van der Waals surface area contributed by atoms with Gasteiger partial charge in [-0.05, 0) is 66.5 Å². The van der Waals surface area contributed by atoms with Gasteiger partial charge in [0.15, 0.2) is 0 Å². The lowest BCUT2D eigenvalue weighted by molar-refractivity contribution is 0.328. The maximum atomic E-state index is 5.97. The zero-order valence-electron chi connectivity index (χ0n) is 10.2. The average molecular weight is 364 g/mol. The summed E-state index contributed by atoms with van der Waals surface area (Å²) in [6, 6.07) is 6.62. The highest BCUT2D eigenvalue weighted by atomic mass is 127. The fraction of sp³-hybridized carbons (Fsp3) is 0.571. The Labute approximate surface area is 122 Å². The third-order valence-corrected chi connectivity index (χ3v) is 4.80. The first kappa shape index (κ1) is 13.5. The van der Waals surface area contributed by atoms with Crippen LogP contribution in [0.5, 0.6) is 0 Å². The van der Waals surface area contributed by atoms with Crippen molar-refractivity contribution in [3.8, 4) is 0 Å². The first-order valence-corrected chi connectivity index (χ1v) is 7.84. The summed E-state index contributed by atoms with van der Waals surface area (Å²) in [5, 5.41) is 4.45. The summed E-state index contributed by atoms with van der Waals surface area (Å²) >= 11 is 8.31. The molecule has 1 N–H and O–H groups in total. The van der Waals surface area contributed by atoms with Crippen LogP contribution in [0.25, 0.3) is 0 Å². The van der Waals surface area contributed by atoms with Crippen molar-refractivity contribution < 1.29 is 0 Å². The van der Waals surface area contributed by atoms with E-state index in [1.165, 1.54) is 41.4 Å². The molecule has 3 heteroatoms. The van der Waals surface area contributed by atoms with Crippen molar-refractivity contribution in [3.05, 3.63) is 26.8 Å². The van der Waals surface area contributed by atoms with Gasteiger partial charge in [0.25, 0.3) is 0 Å². The van der Waals surface area contributed by atoms with E-state index in [1.54, 1.807) is 0 Å². The van der Waals surface area contributed by atoms with E-state index in [2.05, 4.69) is 40.9 Å². The summed E-state index contributed by atoms with van der Waals surface area (Å²) in [7, 11) is 0. The van der Waals surface area contributed by atoms with Gasteiger partial charge < -0.3 is 5.32 Å². The lowest BCUT2D eigenvalue weighted by Gasteiger charge is -2.29. The van der Waals surface area contributed by atoms with Crippen molar-refractivity contribution >= 4 is 39.9 Å². The second kappa shape index (κ2) is 6.28. The van der Waals surface area contributed by atoms with Crippen molar-refractivity contribution in [2.24, 2.45) is 5.92 Å². The molecule has 1 nitrogen and oxygen atoms in total. The van der Waals surface area contributed by atoms with E-state index in [4.69, 9.17) is 11.6 Å². The van der Waals surface area contributed by atoms with Gasteiger partial charge in [-0.1, -0.05) is 30.9 Å². The molecule has 0 saturated heterocycles. The smallest absolute Gasteiger partial charge is 0.0479 e. The lowest BCUT2D eigenvalue weighted by Crippen LogP contribution is -2.27. The van der Waals surface area contributed by atoms with E-state index in [-0.39, 0.29) is 0 Å². The molecule has 0 heterocycles. The molecule has 17 heavy (non-hydrogen) atoms. The minimum atomic E-state index is 0.560. The highest BCUT2D eigenvalue weighted by Gasteiger charge is 2.20. The maximum absolute atomic E-state index is 5.97. The fourth-order valence-electron chi connectivity index (χ4n) is 2.60. The van der Waals surface area contributed by atoms with Gasteiger partial charge in [-0.25, -0.2) is 0 Å². The Morgan fingerprint density at radius 2 is 2.00 bits per heavy atom. The van der Waals surface area contributed by atoms with Gasteiger partial charge in [-0.2, -0.15) is 0 Å². The molecule has 1 saturated carbocycles. The van der Waals surface area contributed by atoms with Crippen LogP contribution in [0.1, 0.15) is 39.0 Å². The van der Waals surface area contributed by atoms with Crippen LogP contribution in [-0.2, 0) is 0 Å². The third-order valence-electron chi connectivity index (χ3n) is 3.67. The monoisotopic (exact) mass is 363 g/mol. The highest BCUT2D eigenvalue weighted by molar-refractivity contribution is 14.1. The molecular formula is C14H19ClIN. The van der Waals surface area contributed by atoms with Gasteiger partial charge in [0.05, 0.1) is 0 Å². The Kier molecular flexibility index (Phi) is 4.97. The number of nitrogens with one attached hydrogen (secondary N) is 1. The summed E-state index contributed by atoms with van der Waals surface area (Å²) in [6.07, 6.45) is 6.96. The summed E-state index contributed by atoms with van der Waals surface area (Å²) < 4.78 is 1.21. The van der Waals surface area contributed by atoms with E-state index in [0.29, 0.717) is 6.04 Å². The second-order valence-electron chi connectivity index (χ2n) is 4.96. The molecule has 0 aromatic heterocycles. The molecule has 94 valence electrons. The van der Waals surface area contributed by atoms with E-state index in [0.717, 1.165) is 10.9 Å². The fourth-order valence-corrected chi connectivity index (χ4v) is 3.63. The van der Waals surface area contributed by atoms with Crippen LogP contribution in [0.2, 0.25) is 5.02 Å². The van der Waals surface area contributed by atoms with Crippen LogP contribution >= 0.6 is 34.2 Å². The zero-order valence-corrected chi connectivity index (χ0v) is 13.1. The van der Waals surface area contributed by atoms with Gasteiger partial charge in [0, 0.05) is 20.3 Å². The summed E-state index contributed by atoms with van der Waals surface area (Å²) in [5.41, 5.74) is 1.22. The molecule has 1 aromatic carbocycles. The summed E-state index contributed by atoms with van der Waals surface area (Å²) in [4.78, 5) is 0. The lowest BCUT2D eigenvalue weighted by atomic mass is 9.84. The molecule has 0 spiro atoms. The molecule has 1 atom stereocenters. The maximum Gasteiger partial charge on any atom is 0.0479 e. The predicted molar refractivity (Wildman–Crippen MR) is 83.8 cm³/mol. The van der Waals surface area contributed by atoms with Crippen LogP contribution in [0, 0.1) is 9.49 Å². The van der Waals surface area contributed by atoms with Gasteiger partial charge in [-0.15, -0.1) is 0 Å². The topological polar surface area (TPSA) is 12.0 Å². The Balaban J connectivity index is 1.99. The number of benzene rings is 1. The quantitative estimate of drug-likeness (QED) is 0.716. The Hall–Kier alpha value is 0.0400. The van der Waals surface area contributed by atoms with E-state index < -0.39 is 0 Å². The summed E-state index contributed by atoms with van der Waals surface area (Å²) in [5.74, 6) is 0.829. The largest absolute Gasteiger partial charge is 0.381 e. The zero-order chi connectivity index (χ0) is 12.3. The van der Waals surface area contributed by atoms with Crippen LogP contribution < -0.4 is 5.32 Å². The number of rotatable bonds is 3. The molecule has 0 bridgehead atoms. The Bertz CT molecular complexity index is 374. The van der Waals surface area contributed by atoms with Crippen molar-refractivity contribution in [1.82, 2.24) is 0 Å². The summed E-state index contributed by atoms with van der Waals surface area (Å²) in [6.45, 7) is 2.31. The van der Waals surface area contributed by atoms with Crippen LogP contribution in [-0.4, -0.2) is 6.04 Å². The minimum Gasteiger partial charge on any atom is -0.381 e. The van der Waals surface area contributed by atoms with Gasteiger partial charge in [0.2, 0.25) is 0 Å². The average Bonchev–Trinajstić information content (AvgIpc) is 2.34. The highest BCUT2D eigenvalue weighted by Crippen LogP contribution is 2.29. The van der Waals surface area contributed by atoms with E-state index >= 15 is 0 Å². The molecule has 1 unspecified atom stereocenters. The molecule has 0 aliphatic heterocycles. The predicted octanol–water partition coefficient (Wildman–Crippen LogP) is 5.33. The van der Waals surface area contributed by atoms with Crippen LogP contribution in [0.4, 0.5) is 5.69 Å². The number of halogens is 2. The Morgan fingerprint density at radius 3 is 2.65 bits per heavy atom. The molecular weight excluding hydrogens is 345 g/mol. The van der Waals surface area contributed by atoms with Crippen molar-refractivity contribution in [2.75, 3.05) is 5.32 Å². The second-order valence-corrected chi connectivity index (χ2v) is 6.55. The SMILES string of the molecule is CC(Nc1ccc(Cl)cc1I)C1CCCCC1. The minimum absolute atomic E-state index is 0.560. The first-order chi connectivity index (χ1) is 8.16. The van der Waals surface area contributed by atoms with Crippen molar-refractivity contribution in [3.63, 3.8) is 0 Å². The molecule has 1 aromatic rings. The Morgan fingerprint density at radius 1 is 1.29 bits per heavy atom. The molecule has 1 aliphatic carbocycles. The molecule has 0 radical (unpaired) electrons. The first-order valence-electron chi connectivity index (χ1n) is 6.38. The number of hydrogen-bond acceptors (Lipinski definition) is 1. The molecule has 1 aliphatic rings. The van der Waals surface area contributed by atoms with Crippen molar-refractivity contribution in [1.29, 1.82) is 0 Å². The third kappa shape index (κ3) is 3.75. The standard InChI is InChI=1S/C14H19ClIN/c1-10(11-5-3-2-4-6-11)17-14-8-7-12(15)9-13(14)16/h7-11,17H,2-6H2,1H3. The van der Waals surface area contributed by atoms with Gasteiger partial charge >= 0.3 is 0 Å². The van der Waals surface area contributed by atoms with Gasteiger partial charge in [-0.3, -0.25) is 0 Å². The van der Waals surface area contributed by atoms with E-state index in [1.807, 2.05) is 12.1 Å². The number of anilines is 1. The van der Waals surface area contributed by atoms with Crippen molar-refractivity contribution in [2.45, 2.75) is 45.1 Å². The van der Waals surface area contributed by atoms with Gasteiger partial charge in [0.1, 0.15) is 0 Å². The normalized spacial score (nSPS) is 19.0. The molecule has 0 amide bonds. The van der Waals surface area contributed by atoms with E-state index in [9.17, 15) is 0 Å². The van der Waals surface area contributed by atoms with Crippen LogP contribution in [0.3, 0.4) is 0 Å². The molecule has 1 fully saturated rings. The number of hydrogen-bond donors (Lipinski definition) is 1. The molecule has 2 rings (SSSR count). The van der Waals surface area contributed by atoms with Crippen LogP contribution in [0.15, 0.2) is 18.2 Å².